The number of carbonyl (C=O) groups excluding carboxylic acids is 2. The van der Waals surface area contributed by atoms with Gasteiger partial charge in [0.1, 0.15) is 5.69 Å². The molecule has 1 aliphatic heterocycles. The molecule has 6 nitrogen and oxygen atoms in total. The third-order valence-corrected chi connectivity index (χ3v) is 8.80. The van der Waals surface area contributed by atoms with Crippen LogP contribution in [-0.2, 0) is 4.79 Å². The lowest BCUT2D eigenvalue weighted by Gasteiger charge is -2.56. The second kappa shape index (κ2) is 9.50. The lowest BCUT2D eigenvalue weighted by atomic mass is 9.51. The molecule has 1 aromatic rings. The molecule has 2 heterocycles. The highest BCUT2D eigenvalue weighted by Crippen LogP contribution is 2.55. The Morgan fingerprint density at radius 1 is 1.19 bits per heavy atom. The van der Waals surface area contributed by atoms with Gasteiger partial charge in [-0.15, -0.1) is 0 Å². The summed E-state index contributed by atoms with van der Waals surface area (Å²) in [5, 5.41) is 14.8. The first-order valence-corrected chi connectivity index (χ1v) is 12.5. The van der Waals surface area contributed by atoms with E-state index in [0.29, 0.717) is 5.69 Å². The van der Waals surface area contributed by atoms with Crippen molar-refractivity contribution < 1.29 is 14.7 Å². The first-order chi connectivity index (χ1) is 15.3. The number of hydrogen-bond acceptors (Lipinski definition) is 4. The molecular formula is C26H39N3O3. The minimum Gasteiger partial charge on any atom is -0.392 e. The van der Waals surface area contributed by atoms with Crippen LogP contribution in [0.25, 0.3) is 0 Å². The van der Waals surface area contributed by atoms with Gasteiger partial charge in [0.2, 0.25) is 5.91 Å². The van der Waals surface area contributed by atoms with E-state index < -0.39 is 6.10 Å². The average molecular weight is 442 g/mol. The van der Waals surface area contributed by atoms with E-state index in [1.807, 2.05) is 17.9 Å². The van der Waals surface area contributed by atoms with Gasteiger partial charge in [-0.2, -0.15) is 0 Å². The third kappa shape index (κ3) is 4.43. The number of rotatable bonds is 4. The molecule has 3 aliphatic rings. The lowest BCUT2D eigenvalue weighted by molar-refractivity contribution is -0.150. The van der Waals surface area contributed by atoms with Crippen LogP contribution < -0.4 is 5.32 Å². The smallest absolute Gasteiger partial charge is 0.270 e. The van der Waals surface area contributed by atoms with Crippen LogP contribution in [0.15, 0.2) is 24.4 Å². The van der Waals surface area contributed by atoms with Crippen molar-refractivity contribution in [3.8, 4) is 0 Å². The Kier molecular flexibility index (Phi) is 6.89. The summed E-state index contributed by atoms with van der Waals surface area (Å²) in [6.07, 6.45) is 8.29. The van der Waals surface area contributed by atoms with Crippen LogP contribution in [0.1, 0.15) is 76.2 Å². The molecule has 176 valence electrons. The highest BCUT2D eigenvalue weighted by Gasteiger charge is 2.54. The number of pyridine rings is 1. The summed E-state index contributed by atoms with van der Waals surface area (Å²) in [5.41, 5.74) is 0.478. The summed E-state index contributed by atoms with van der Waals surface area (Å²) in [6, 6.07) is 5.35. The predicted molar refractivity (Wildman–Crippen MR) is 124 cm³/mol. The van der Waals surface area contributed by atoms with Gasteiger partial charge in [0, 0.05) is 31.2 Å². The highest BCUT2D eigenvalue weighted by molar-refractivity contribution is 5.92. The fourth-order valence-corrected chi connectivity index (χ4v) is 6.82. The van der Waals surface area contributed by atoms with Gasteiger partial charge in [-0.05, 0) is 80.2 Å². The Balaban J connectivity index is 1.47. The molecule has 1 saturated heterocycles. The van der Waals surface area contributed by atoms with E-state index in [1.165, 1.54) is 6.42 Å². The zero-order valence-corrected chi connectivity index (χ0v) is 19.8. The molecule has 7 unspecified atom stereocenters. The number of nitrogens with one attached hydrogen (secondary N) is 1. The summed E-state index contributed by atoms with van der Waals surface area (Å²) >= 11 is 0. The van der Waals surface area contributed by atoms with E-state index in [-0.39, 0.29) is 46.9 Å². The Labute approximate surface area is 192 Å². The van der Waals surface area contributed by atoms with E-state index in [4.69, 9.17) is 0 Å². The topological polar surface area (TPSA) is 82.5 Å². The summed E-state index contributed by atoms with van der Waals surface area (Å²) in [4.78, 5) is 32.1. The summed E-state index contributed by atoms with van der Waals surface area (Å²) < 4.78 is 0. The number of hydrogen-bond donors (Lipinski definition) is 2. The maximum Gasteiger partial charge on any atom is 0.270 e. The Hall–Kier alpha value is -1.95. The number of amides is 2. The van der Waals surface area contributed by atoms with Crippen molar-refractivity contribution in [2.75, 3.05) is 13.1 Å². The molecule has 32 heavy (non-hydrogen) atoms. The standard InChI is InChI=1S/C26H39N3O3/c1-17(25(32)29-15-7-4-8-16-29)19-10-12-26(3)13-11-20(18(2)22(26)23(19)30)28-24(31)21-9-5-6-14-27-21/h5-6,9,14,17-20,22-23,30H,4,7-8,10-13,15-16H2,1-3H3,(H,28,31). The van der Waals surface area contributed by atoms with Gasteiger partial charge in [-0.3, -0.25) is 14.6 Å². The highest BCUT2D eigenvalue weighted by atomic mass is 16.3. The minimum absolute atomic E-state index is 0.00378. The first kappa shape index (κ1) is 23.2. The number of carbonyl (C=O) groups is 2. The van der Waals surface area contributed by atoms with Gasteiger partial charge in [0.15, 0.2) is 0 Å². The quantitative estimate of drug-likeness (QED) is 0.747. The zero-order valence-electron chi connectivity index (χ0n) is 19.8. The minimum atomic E-state index is -0.526. The molecule has 0 bridgehead atoms. The van der Waals surface area contributed by atoms with Crippen LogP contribution in [0, 0.1) is 29.1 Å². The van der Waals surface area contributed by atoms with E-state index in [9.17, 15) is 14.7 Å². The summed E-state index contributed by atoms with van der Waals surface area (Å²) in [6.45, 7) is 8.17. The van der Waals surface area contributed by atoms with Crippen LogP contribution in [0.2, 0.25) is 0 Å². The summed E-state index contributed by atoms with van der Waals surface area (Å²) in [7, 11) is 0. The first-order valence-electron chi connectivity index (χ1n) is 12.5. The Morgan fingerprint density at radius 2 is 1.91 bits per heavy atom. The van der Waals surface area contributed by atoms with Crippen molar-refractivity contribution in [2.45, 2.75) is 77.9 Å². The number of likely N-dealkylation sites (tertiary alicyclic amines) is 1. The molecule has 2 amide bonds. The molecule has 1 aromatic heterocycles. The van der Waals surface area contributed by atoms with Crippen molar-refractivity contribution in [1.29, 1.82) is 0 Å². The number of piperidine rings is 1. The van der Waals surface area contributed by atoms with Gasteiger partial charge in [-0.1, -0.05) is 26.8 Å². The van der Waals surface area contributed by atoms with Crippen molar-refractivity contribution in [2.24, 2.45) is 29.1 Å². The number of nitrogens with zero attached hydrogens (tertiary/aromatic N) is 2. The second-order valence-corrected chi connectivity index (χ2v) is 10.7. The van der Waals surface area contributed by atoms with Gasteiger partial charge < -0.3 is 15.3 Å². The molecule has 0 radical (unpaired) electrons. The SMILES string of the molecule is CC(C(=O)N1CCCCC1)C1CCC2(C)CCC(NC(=O)c3ccccn3)C(C)C2C1O. The van der Waals surface area contributed by atoms with Crippen molar-refractivity contribution >= 4 is 11.8 Å². The maximum atomic E-state index is 13.2. The Morgan fingerprint density at radius 3 is 2.59 bits per heavy atom. The van der Waals surface area contributed by atoms with Crippen LogP contribution >= 0.6 is 0 Å². The molecule has 7 atom stereocenters. The number of fused-ring (bicyclic) bond motifs is 1. The van der Waals surface area contributed by atoms with E-state index in [0.717, 1.165) is 51.6 Å². The maximum absolute atomic E-state index is 13.2. The molecule has 3 fully saturated rings. The van der Waals surface area contributed by atoms with Gasteiger partial charge >= 0.3 is 0 Å². The van der Waals surface area contributed by atoms with Gasteiger partial charge in [-0.25, -0.2) is 0 Å². The average Bonchev–Trinajstić information content (AvgIpc) is 2.81. The molecule has 2 N–H and O–H groups in total. The van der Waals surface area contributed by atoms with E-state index in [1.54, 1.807) is 18.3 Å². The van der Waals surface area contributed by atoms with E-state index >= 15 is 0 Å². The van der Waals surface area contributed by atoms with E-state index in [2.05, 4.69) is 24.1 Å². The van der Waals surface area contributed by atoms with Gasteiger partial charge in [0.05, 0.1) is 6.10 Å². The molecular weight excluding hydrogens is 402 g/mol. The summed E-state index contributed by atoms with van der Waals surface area (Å²) in [5.74, 6) is 0.0815. The fraction of sp³-hybridized carbons (Fsp3) is 0.731. The van der Waals surface area contributed by atoms with Crippen LogP contribution in [0.3, 0.4) is 0 Å². The predicted octanol–water partition coefficient (Wildman–Crippen LogP) is 3.65. The molecule has 0 spiro atoms. The van der Waals surface area contributed by atoms with Crippen LogP contribution in [0.4, 0.5) is 0 Å². The fourth-order valence-electron chi connectivity index (χ4n) is 6.82. The monoisotopic (exact) mass is 441 g/mol. The molecule has 4 rings (SSSR count). The van der Waals surface area contributed by atoms with Gasteiger partial charge in [0.25, 0.3) is 5.91 Å². The normalized spacial score (nSPS) is 36.1. The van der Waals surface area contributed by atoms with Crippen LogP contribution in [0.5, 0.6) is 0 Å². The number of aromatic nitrogens is 1. The molecule has 0 aromatic carbocycles. The molecule has 2 aliphatic carbocycles. The zero-order chi connectivity index (χ0) is 22.9. The van der Waals surface area contributed by atoms with Crippen LogP contribution in [-0.4, -0.2) is 52.0 Å². The second-order valence-electron chi connectivity index (χ2n) is 10.7. The molecule has 6 heteroatoms. The van der Waals surface area contributed by atoms with Crippen molar-refractivity contribution in [3.05, 3.63) is 30.1 Å². The lowest BCUT2D eigenvalue weighted by Crippen LogP contribution is -2.58. The van der Waals surface area contributed by atoms with Crippen molar-refractivity contribution in [1.82, 2.24) is 15.2 Å². The number of aliphatic hydroxyl groups is 1. The largest absolute Gasteiger partial charge is 0.392 e. The molecule has 2 saturated carbocycles. The Bertz CT molecular complexity index is 810. The third-order valence-electron chi connectivity index (χ3n) is 8.80. The number of aliphatic hydroxyl groups excluding tert-OH is 1. The van der Waals surface area contributed by atoms with Crippen molar-refractivity contribution in [3.63, 3.8) is 0 Å².